The number of hydrogen-bond acceptors (Lipinski definition) is 9. The van der Waals surface area contributed by atoms with E-state index < -0.39 is 0 Å². The molecule has 0 radical (unpaired) electrons. The summed E-state index contributed by atoms with van der Waals surface area (Å²) in [6.07, 6.45) is 7.17. The van der Waals surface area contributed by atoms with Gasteiger partial charge in [0.05, 0.1) is 24.7 Å². The molecule has 0 aliphatic rings. The summed E-state index contributed by atoms with van der Waals surface area (Å²) >= 11 is 0. The number of aromatic amines is 1. The van der Waals surface area contributed by atoms with Crippen LogP contribution in [0.3, 0.4) is 0 Å². The van der Waals surface area contributed by atoms with E-state index in [9.17, 15) is 9.59 Å². The first-order valence-electron chi connectivity index (χ1n) is 16.2. The minimum absolute atomic E-state index is 0.118. The molecule has 5 aromatic rings. The molecular weight excluding hydrogens is 594 g/mol. The zero-order valence-corrected chi connectivity index (χ0v) is 27.4. The summed E-state index contributed by atoms with van der Waals surface area (Å²) < 4.78 is 7.25. The van der Waals surface area contributed by atoms with Crippen molar-refractivity contribution < 1.29 is 9.53 Å². The molecule has 12 heteroatoms. The second kappa shape index (κ2) is 15.8. The third kappa shape index (κ3) is 7.94. The zero-order chi connectivity index (χ0) is 33.2. The number of H-pyrrole nitrogens is 1. The Morgan fingerprint density at radius 2 is 1.68 bits per heavy atom. The van der Waals surface area contributed by atoms with E-state index in [-0.39, 0.29) is 17.4 Å². The Bertz CT molecular complexity index is 1820. The van der Waals surface area contributed by atoms with Crippen LogP contribution in [0.2, 0.25) is 0 Å². The summed E-state index contributed by atoms with van der Waals surface area (Å²) in [7, 11) is 0. The topological polar surface area (TPSA) is 145 Å². The van der Waals surface area contributed by atoms with Crippen molar-refractivity contribution in [3.05, 3.63) is 93.9 Å². The maximum absolute atomic E-state index is 14.1. The molecule has 0 fully saturated rings. The van der Waals surface area contributed by atoms with Crippen molar-refractivity contribution in [1.82, 2.24) is 45.0 Å². The monoisotopic (exact) mass is 635 g/mol. The van der Waals surface area contributed by atoms with E-state index in [0.29, 0.717) is 68.3 Å². The van der Waals surface area contributed by atoms with Crippen molar-refractivity contribution in [1.29, 1.82) is 0 Å². The first-order chi connectivity index (χ1) is 22.9. The van der Waals surface area contributed by atoms with Crippen LogP contribution in [0.5, 0.6) is 5.75 Å². The number of nitrogens with zero attached hydrogens (tertiary/aromatic N) is 8. The number of aromatic nitrogens is 8. The highest BCUT2D eigenvalue weighted by atomic mass is 16.5. The molecule has 0 atom stereocenters. The van der Waals surface area contributed by atoms with Crippen LogP contribution in [-0.2, 0) is 17.6 Å². The van der Waals surface area contributed by atoms with Crippen LogP contribution in [0.1, 0.15) is 69.1 Å². The van der Waals surface area contributed by atoms with E-state index in [0.717, 1.165) is 40.8 Å². The number of carbonyl (C=O) groups excluding carboxylic acids is 1. The Labute approximate surface area is 274 Å². The van der Waals surface area contributed by atoms with E-state index in [1.807, 2.05) is 67.3 Å². The summed E-state index contributed by atoms with van der Waals surface area (Å²) in [6.45, 7) is 9.64. The van der Waals surface area contributed by atoms with Crippen LogP contribution in [0, 0.1) is 6.92 Å². The highest BCUT2D eigenvalue weighted by molar-refractivity contribution is 5.80. The molecule has 0 bridgehead atoms. The van der Waals surface area contributed by atoms with Crippen LogP contribution < -0.4 is 10.3 Å². The van der Waals surface area contributed by atoms with Crippen LogP contribution in [0.25, 0.3) is 28.5 Å². The number of benzene rings is 2. The molecule has 12 nitrogen and oxygen atoms in total. The molecule has 5 rings (SSSR count). The van der Waals surface area contributed by atoms with E-state index in [4.69, 9.17) is 9.72 Å². The molecule has 3 aromatic heterocycles. The lowest BCUT2D eigenvalue weighted by Gasteiger charge is -2.18. The van der Waals surface area contributed by atoms with E-state index in [1.165, 1.54) is 4.57 Å². The van der Waals surface area contributed by atoms with Crippen molar-refractivity contribution in [3.8, 4) is 34.2 Å². The minimum Gasteiger partial charge on any atom is -0.490 e. The predicted molar refractivity (Wildman–Crippen MR) is 179 cm³/mol. The molecule has 47 heavy (non-hydrogen) atoms. The molecule has 0 aliphatic heterocycles. The Balaban J connectivity index is 1.35. The van der Waals surface area contributed by atoms with Gasteiger partial charge in [0.1, 0.15) is 5.82 Å². The first-order valence-corrected chi connectivity index (χ1v) is 16.2. The second-order valence-corrected chi connectivity index (χ2v) is 11.2. The molecule has 0 unspecified atom stereocenters. The molecule has 1 amide bonds. The average Bonchev–Trinajstić information content (AvgIpc) is 3.64. The van der Waals surface area contributed by atoms with Crippen LogP contribution in [0.15, 0.2) is 65.7 Å². The Morgan fingerprint density at radius 3 is 2.34 bits per heavy atom. The zero-order valence-electron chi connectivity index (χ0n) is 27.4. The number of tetrazole rings is 1. The smallest absolute Gasteiger partial charge is 0.264 e. The number of aryl methyl sites for hydroxylation is 2. The standard InChI is InChI=1S/C35H41N9O3/c1-5-8-14-31-30(21-25-16-18-26(19-17-25)28-12-9-10-13-29(28)33-39-41-42-40-33)34(46)44(24(4)38-31)35-36-22-27(23-37-35)47-20-11-15-32(45)43(6-2)7-3/h9-10,12-13,16-19,22-23H,5-8,11,14-15,20-21H2,1-4H3,(H,39,40,41,42). The average molecular weight is 636 g/mol. The molecule has 1 N–H and O–H groups in total. The summed E-state index contributed by atoms with van der Waals surface area (Å²) in [4.78, 5) is 41.9. The summed E-state index contributed by atoms with van der Waals surface area (Å²) in [5, 5.41) is 14.3. The second-order valence-electron chi connectivity index (χ2n) is 11.2. The molecule has 0 aliphatic carbocycles. The highest BCUT2D eigenvalue weighted by Gasteiger charge is 2.18. The van der Waals surface area contributed by atoms with Gasteiger partial charge in [-0.05, 0) is 67.2 Å². The lowest BCUT2D eigenvalue weighted by molar-refractivity contribution is -0.131. The van der Waals surface area contributed by atoms with Gasteiger partial charge in [0, 0.05) is 37.1 Å². The Kier molecular flexibility index (Phi) is 11.2. The van der Waals surface area contributed by atoms with Crippen LogP contribution in [-0.4, -0.2) is 70.6 Å². The molecule has 0 saturated carbocycles. The van der Waals surface area contributed by atoms with Gasteiger partial charge in [0.15, 0.2) is 11.6 Å². The van der Waals surface area contributed by atoms with Gasteiger partial charge < -0.3 is 9.64 Å². The third-order valence-electron chi connectivity index (χ3n) is 8.10. The maximum Gasteiger partial charge on any atom is 0.264 e. The maximum atomic E-state index is 14.1. The number of amides is 1. The number of hydrogen-bond donors (Lipinski definition) is 1. The van der Waals surface area contributed by atoms with Crippen molar-refractivity contribution in [2.75, 3.05) is 19.7 Å². The largest absolute Gasteiger partial charge is 0.490 e. The molecule has 0 saturated heterocycles. The predicted octanol–water partition coefficient (Wildman–Crippen LogP) is 5.14. The van der Waals surface area contributed by atoms with Gasteiger partial charge >= 0.3 is 0 Å². The SMILES string of the molecule is CCCCc1nc(C)n(-c2ncc(OCCCC(=O)N(CC)CC)cn2)c(=O)c1Cc1ccc(-c2ccccc2-c2nnn[nH]2)cc1. The lowest BCUT2D eigenvalue weighted by atomic mass is 9.96. The van der Waals surface area contributed by atoms with Gasteiger partial charge in [-0.25, -0.2) is 24.6 Å². The molecule has 2 aromatic carbocycles. The molecular formula is C35H41N9O3. The van der Waals surface area contributed by atoms with E-state index >= 15 is 0 Å². The van der Waals surface area contributed by atoms with Crippen LogP contribution in [0.4, 0.5) is 0 Å². The van der Waals surface area contributed by atoms with E-state index in [1.54, 1.807) is 19.3 Å². The van der Waals surface area contributed by atoms with E-state index in [2.05, 4.69) is 37.5 Å². The van der Waals surface area contributed by atoms with Gasteiger partial charge in [-0.3, -0.25) is 9.59 Å². The van der Waals surface area contributed by atoms with Gasteiger partial charge in [-0.2, -0.15) is 0 Å². The number of unbranched alkanes of at least 4 members (excludes halogenated alkanes) is 1. The van der Waals surface area contributed by atoms with Gasteiger partial charge in [0.25, 0.3) is 5.56 Å². The number of nitrogens with one attached hydrogen (secondary N) is 1. The Morgan fingerprint density at radius 1 is 0.957 bits per heavy atom. The van der Waals surface area contributed by atoms with Gasteiger partial charge in [-0.15, -0.1) is 5.10 Å². The third-order valence-corrected chi connectivity index (χ3v) is 8.10. The summed E-state index contributed by atoms with van der Waals surface area (Å²) in [5.74, 6) is 1.96. The highest BCUT2D eigenvalue weighted by Crippen LogP contribution is 2.30. The normalized spacial score (nSPS) is 11.1. The summed E-state index contributed by atoms with van der Waals surface area (Å²) in [6, 6.07) is 16.1. The molecule has 3 heterocycles. The van der Waals surface area contributed by atoms with Crippen LogP contribution >= 0.6 is 0 Å². The van der Waals surface area contributed by atoms with Gasteiger partial charge in [0.2, 0.25) is 11.9 Å². The minimum atomic E-state index is -0.181. The summed E-state index contributed by atoms with van der Waals surface area (Å²) in [5.41, 5.74) is 5.15. The quantitative estimate of drug-likeness (QED) is 0.155. The first kappa shape index (κ1) is 33.1. The number of ether oxygens (including phenoxy) is 1. The lowest BCUT2D eigenvalue weighted by Crippen LogP contribution is -2.30. The number of carbonyl (C=O) groups is 1. The molecule has 244 valence electrons. The fourth-order valence-electron chi connectivity index (χ4n) is 5.55. The Hall–Kier alpha value is -5.26. The van der Waals surface area contributed by atoms with Crippen molar-refractivity contribution >= 4 is 5.91 Å². The molecule has 0 spiro atoms. The van der Waals surface area contributed by atoms with Gasteiger partial charge in [-0.1, -0.05) is 61.9 Å². The van der Waals surface area contributed by atoms with Crippen molar-refractivity contribution in [2.24, 2.45) is 0 Å². The fraction of sp³-hybridized carbons (Fsp3) is 0.371. The fourth-order valence-corrected chi connectivity index (χ4v) is 5.55. The number of rotatable bonds is 15. The van der Waals surface area contributed by atoms with Crippen molar-refractivity contribution in [3.63, 3.8) is 0 Å². The van der Waals surface area contributed by atoms with Crippen molar-refractivity contribution in [2.45, 2.75) is 66.2 Å².